The van der Waals surface area contributed by atoms with Crippen molar-refractivity contribution in [1.29, 1.82) is 0 Å². The lowest BCUT2D eigenvalue weighted by Gasteiger charge is -1.89. The molecule has 1 atom stereocenters. The second-order valence-corrected chi connectivity index (χ2v) is 1.59. The first-order chi connectivity index (χ1) is 3.72. The van der Waals surface area contributed by atoms with E-state index in [9.17, 15) is 4.79 Å². The molecule has 0 aliphatic carbocycles. The van der Waals surface area contributed by atoms with Crippen molar-refractivity contribution >= 4 is 5.91 Å². The van der Waals surface area contributed by atoms with E-state index in [0.717, 1.165) is 0 Å². The maximum Gasteiger partial charge on any atom is 0.389 e. The molecular formula is C3H7N4O+. The van der Waals surface area contributed by atoms with Gasteiger partial charge in [-0.05, 0) is 0 Å². The minimum absolute atomic E-state index is 0.257. The summed E-state index contributed by atoms with van der Waals surface area (Å²) in [5.41, 5.74) is 7.45. The quantitative estimate of drug-likeness (QED) is 0.374. The van der Waals surface area contributed by atoms with E-state index in [1.54, 1.807) is 7.05 Å². The summed E-state index contributed by atoms with van der Waals surface area (Å²) in [7, 11) is 1.63. The Bertz CT molecular complexity index is 151. The van der Waals surface area contributed by atoms with E-state index in [0.29, 0.717) is 0 Å². The Labute approximate surface area is 46.1 Å². The highest BCUT2D eigenvalue weighted by atomic mass is 16.2. The van der Waals surface area contributed by atoms with E-state index >= 15 is 0 Å². The third-order valence-electron chi connectivity index (χ3n) is 0.989. The highest BCUT2D eigenvalue weighted by molar-refractivity contribution is 5.79. The summed E-state index contributed by atoms with van der Waals surface area (Å²) in [5, 5.41) is 3.51. The van der Waals surface area contributed by atoms with Crippen LogP contribution in [0, 0.1) is 0 Å². The third-order valence-corrected chi connectivity index (χ3v) is 0.989. The van der Waals surface area contributed by atoms with Crippen molar-refractivity contribution < 1.29 is 9.49 Å². The van der Waals surface area contributed by atoms with Gasteiger partial charge in [0.2, 0.25) is 0 Å². The van der Waals surface area contributed by atoms with E-state index in [4.69, 9.17) is 5.73 Å². The van der Waals surface area contributed by atoms with Crippen LogP contribution in [0.2, 0.25) is 0 Å². The predicted molar refractivity (Wildman–Crippen MR) is 24.7 cm³/mol. The van der Waals surface area contributed by atoms with E-state index in [-0.39, 0.29) is 5.91 Å². The fourth-order valence-electron chi connectivity index (χ4n) is 0.426. The number of nitrogens with two attached hydrogens (primary N) is 1. The molecule has 0 spiro atoms. The molecule has 5 heteroatoms. The van der Waals surface area contributed by atoms with Gasteiger partial charge < -0.3 is 0 Å². The molecule has 1 aliphatic rings. The van der Waals surface area contributed by atoms with Crippen molar-refractivity contribution in [3.8, 4) is 0 Å². The van der Waals surface area contributed by atoms with Crippen molar-refractivity contribution in [1.82, 2.24) is 5.43 Å². The summed E-state index contributed by atoms with van der Waals surface area (Å²) < 4.78 is 1.36. The molecule has 0 saturated heterocycles. The summed E-state index contributed by atoms with van der Waals surface area (Å²) in [6.45, 7) is 0. The molecule has 0 radical (unpaired) electrons. The van der Waals surface area contributed by atoms with Crippen molar-refractivity contribution in [2.24, 2.45) is 11.0 Å². The van der Waals surface area contributed by atoms with Gasteiger partial charge in [0.15, 0.2) is 0 Å². The molecule has 1 heterocycles. The number of amides is 1. The molecule has 1 rings (SSSR count). The maximum atomic E-state index is 10.4. The standard InChI is InChI=1S/C3H6N4O/c1-7-2(4)3(8)5-6-7/h2H,4H2,1H3/p+1. The van der Waals surface area contributed by atoms with Crippen molar-refractivity contribution in [3.63, 3.8) is 0 Å². The molecule has 1 aliphatic heterocycles. The first kappa shape index (κ1) is 5.17. The van der Waals surface area contributed by atoms with Crippen LogP contribution in [0.5, 0.6) is 0 Å². The number of hydrogen-bond donors (Lipinski definition) is 2. The number of carbonyl (C=O) groups is 1. The van der Waals surface area contributed by atoms with Gasteiger partial charge in [-0.15, -0.1) is 10.1 Å². The Morgan fingerprint density at radius 3 is 2.75 bits per heavy atom. The molecule has 1 amide bonds. The smallest absolute Gasteiger partial charge is 0.281 e. The molecule has 0 aromatic carbocycles. The van der Waals surface area contributed by atoms with E-state index in [2.05, 4.69) is 10.6 Å². The Hall–Kier alpha value is -0.970. The first-order valence-corrected chi connectivity index (χ1v) is 2.21. The van der Waals surface area contributed by atoms with Crippen LogP contribution in [0.15, 0.2) is 5.22 Å². The fourth-order valence-corrected chi connectivity index (χ4v) is 0.426. The zero-order valence-electron chi connectivity index (χ0n) is 4.46. The Morgan fingerprint density at radius 2 is 2.62 bits per heavy atom. The van der Waals surface area contributed by atoms with E-state index in [1.807, 2.05) is 0 Å². The highest BCUT2D eigenvalue weighted by Crippen LogP contribution is 1.87. The van der Waals surface area contributed by atoms with E-state index in [1.165, 1.54) is 4.70 Å². The van der Waals surface area contributed by atoms with Gasteiger partial charge in [-0.25, -0.2) is 4.79 Å². The van der Waals surface area contributed by atoms with Crippen LogP contribution >= 0.6 is 0 Å². The zero-order valence-corrected chi connectivity index (χ0v) is 4.46. The van der Waals surface area contributed by atoms with E-state index < -0.39 is 6.17 Å². The molecule has 8 heavy (non-hydrogen) atoms. The van der Waals surface area contributed by atoms with Crippen LogP contribution in [-0.4, -0.2) is 23.8 Å². The Kier molecular flexibility index (Phi) is 0.980. The molecule has 0 aromatic heterocycles. The van der Waals surface area contributed by atoms with Crippen LogP contribution in [-0.2, 0) is 4.79 Å². The topological polar surface area (TPSA) is 70.5 Å². The molecule has 3 N–H and O–H groups in total. The summed E-state index contributed by atoms with van der Waals surface area (Å²) >= 11 is 0. The molecular weight excluding hydrogens is 108 g/mol. The molecule has 1 unspecified atom stereocenters. The number of hydrogen-bond acceptors (Lipinski definition) is 3. The normalized spacial score (nSPS) is 27.5. The number of nitrogens with one attached hydrogen (secondary N) is 1. The van der Waals surface area contributed by atoms with Gasteiger partial charge in [0.1, 0.15) is 0 Å². The lowest BCUT2D eigenvalue weighted by molar-refractivity contribution is -0.580. The minimum atomic E-state index is -0.602. The van der Waals surface area contributed by atoms with Gasteiger partial charge in [0, 0.05) is 0 Å². The fraction of sp³-hybridized carbons (Fsp3) is 0.667. The second kappa shape index (κ2) is 1.52. The highest BCUT2D eigenvalue weighted by Gasteiger charge is 2.29. The maximum absolute atomic E-state index is 10.4. The van der Waals surface area contributed by atoms with Crippen LogP contribution in [0.3, 0.4) is 0 Å². The summed E-state index contributed by atoms with van der Waals surface area (Å²) in [6, 6.07) is 0. The number of rotatable bonds is 0. The average Bonchev–Trinajstić information content (AvgIpc) is 1.98. The molecule has 0 aromatic rings. The third kappa shape index (κ3) is 0.564. The predicted octanol–water partition coefficient (Wildman–Crippen LogP) is -1.59. The average molecular weight is 115 g/mol. The van der Waals surface area contributed by atoms with Gasteiger partial charge in [-0.1, -0.05) is 0 Å². The SMILES string of the molecule is C[N+]1=NNC(=O)C1N. The largest absolute Gasteiger partial charge is 0.389 e. The second-order valence-electron chi connectivity index (χ2n) is 1.59. The molecule has 5 nitrogen and oxygen atoms in total. The van der Waals surface area contributed by atoms with Crippen LogP contribution in [0.1, 0.15) is 0 Å². The number of carbonyl (C=O) groups excluding carboxylic acids is 1. The molecule has 0 saturated carbocycles. The van der Waals surface area contributed by atoms with Gasteiger partial charge in [-0.2, -0.15) is 0 Å². The monoisotopic (exact) mass is 115 g/mol. The zero-order chi connectivity index (χ0) is 6.15. The molecule has 0 bridgehead atoms. The van der Waals surface area contributed by atoms with Gasteiger partial charge in [0.05, 0.1) is 12.3 Å². The van der Waals surface area contributed by atoms with Crippen LogP contribution in [0.25, 0.3) is 0 Å². The molecule has 44 valence electrons. The van der Waals surface area contributed by atoms with Crippen molar-refractivity contribution in [3.05, 3.63) is 0 Å². The van der Waals surface area contributed by atoms with Crippen molar-refractivity contribution in [2.45, 2.75) is 6.17 Å². The Morgan fingerprint density at radius 1 is 2.00 bits per heavy atom. The number of likely N-dealkylation sites (N-methyl/N-ethyl adjacent to an activating group) is 1. The van der Waals surface area contributed by atoms with Crippen LogP contribution < -0.4 is 11.2 Å². The number of nitrogens with zero attached hydrogens (tertiary/aromatic N) is 2. The van der Waals surface area contributed by atoms with Gasteiger partial charge in [0.25, 0.3) is 6.17 Å². The summed E-state index contributed by atoms with van der Waals surface area (Å²) in [4.78, 5) is 10.4. The molecule has 0 fully saturated rings. The van der Waals surface area contributed by atoms with Gasteiger partial charge in [-0.3, -0.25) is 5.73 Å². The Balaban J connectivity index is 2.72. The van der Waals surface area contributed by atoms with Crippen LogP contribution in [0.4, 0.5) is 0 Å². The minimum Gasteiger partial charge on any atom is -0.281 e. The lowest BCUT2D eigenvalue weighted by Crippen LogP contribution is -2.37. The van der Waals surface area contributed by atoms with Crippen molar-refractivity contribution in [2.75, 3.05) is 7.05 Å². The first-order valence-electron chi connectivity index (χ1n) is 2.21. The lowest BCUT2D eigenvalue weighted by atomic mass is 10.5. The van der Waals surface area contributed by atoms with Gasteiger partial charge >= 0.3 is 5.91 Å². The summed E-state index contributed by atoms with van der Waals surface area (Å²) in [5.74, 6) is -0.257. The summed E-state index contributed by atoms with van der Waals surface area (Å²) in [6.07, 6.45) is -0.602.